The van der Waals surface area contributed by atoms with Crippen molar-refractivity contribution in [1.29, 1.82) is 0 Å². The minimum Gasteiger partial charge on any atom is -0.436 e. The lowest BCUT2D eigenvalue weighted by molar-refractivity contribution is 0.101. The number of nitrogens with zero attached hydrogens (tertiary/aromatic N) is 1. The van der Waals surface area contributed by atoms with Crippen molar-refractivity contribution in [2.45, 2.75) is 0 Å². The van der Waals surface area contributed by atoms with Gasteiger partial charge in [0, 0.05) is 17.4 Å². The lowest BCUT2D eigenvalue weighted by atomic mass is 10.1. The zero-order chi connectivity index (χ0) is 19.0. The van der Waals surface area contributed by atoms with E-state index >= 15 is 0 Å². The van der Waals surface area contributed by atoms with E-state index in [1.807, 2.05) is 0 Å². The molecule has 3 aromatic rings. The highest BCUT2D eigenvalue weighted by Gasteiger charge is 2.22. The van der Waals surface area contributed by atoms with Crippen LogP contribution in [0.2, 0.25) is 5.02 Å². The molecule has 2 amide bonds. The van der Waals surface area contributed by atoms with Crippen molar-refractivity contribution >= 4 is 34.8 Å². The minimum absolute atomic E-state index is 0.150. The van der Waals surface area contributed by atoms with E-state index < -0.39 is 17.6 Å². The van der Waals surface area contributed by atoms with E-state index in [1.165, 1.54) is 18.2 Å². The number of fused-ring (bicyclic) bond motifs is 2. The highest BCUT2D eigenvalue weighted by molar-refractivity contribution is 6.31. The van der Waals surface area contributed by atoms with Gasteiger partial charge in [-0.25, -0.2) is 9.37 Å². The van der Waals surface area contributed by atoms with Crippen LogP contribution < -0.4 is 15.4 Å². The lowest BCUT2D eigenvalue weighted by Crippen LogP contribution is -2.14. The number of rotatable bonds is 2. The van der Waals surface area contributed by atoms with Crippen LogP contribution in [0.3, 0.4) is 0 Å². The van der Waals surface area contributed by atoms with Crippen molar-refractivity contribution < 1.29 is 18.7 Å². The number of hydrogen-bond donors (Lipinski definition) is 2. The molecule has 0 aliphatic carbocycles. The van der Waals surface area contributed by atoms with Crippen molar-refractivity contribution in [3.63, 3.8) is 0 Å². The molecule has 2 N–H and O–H groups in total. The molecule has 0 bridgehead atoms. The number of nitrogens with one attached hydrogen (secondary N) is 2. The van der Waals surface area contributed by atoms with Crippen LogP contribution in [0.4, 0.5) is 15.8 Å². The van der Waals surface area contributed by atoms with Gasteiger partial charge in [0.15, 0.2) is 0 Å². The third-order valence-electron chi connectivity index (χ3n) is 3.89. The standard InChI is InChI=1S/C19H11ClFN3O3/c20-13-8-10(3-5-14(13)21)17(25)23-11-4-6-16-12(9-11)18(26)24-15-2-1-7-22-19(15)27-16/h1-9H,(H,23,25)(H,24,26). The maximum Gasteiger partial charge on any atom is 0.259 e. The summed E-state index contributed by atoms with van der Waals surface area (Å²) in [7, 11) is 0. The lowest BCUT2D eigenvalue weighted by Gasteiger charge is -2.10. The molecule has 1 aromatic heterocycles. The Morgan fingerprint density at radius 3 is 2.85 bits per heavy atom. The van der Waals surface area contributed by atoms with Crippen molar-refractivity contribution in [2.75, 3.05) is 10.6 Å². The van der Waals surface area contributed by atoms with Gasteiger partial charge in [-0.3, -0.25) is 9.59 Å². The molecule has 0 saturated heterocycles. The summed E-state index contributed by atoms with van der Waals surface area (Å²) in [5.41, 5.74) is 1.25. The smallest absolute Gasteiger partial charge is 0.259 e. The van der Waals surface area contributed by atoms with E-state index in [4.69, 9.17) is 16.3 Å². The van der Waals surface area contributed by atoms with Crippen molar-refractivity contribution in [3.05, 3.63) is 76.7 Å². The average Bonchev–Trinajstić information content (AvgIpc) is 2.80. The first-order valence-corrected chi connectivity index (χ1v) is 8.24. The second kappa shape index (κ2) is 6.69. The molecule has 1 aliphatic rings. The van der Waals surface area contributed by atoms with E-state index in [1.54, 1.807) is 30.5 Å². The number of carbonyl (C=O) groups excluding carboxylic acids is 2. The molecule has 27 heavy (non-hydrogen) atoms. The number of aromatic nitrogens is 1. The summed E-state index contributed by atoms with van der Waals surface area (Å²) in [5, 5.41) is 5.20. The van der Waals surface area contributed by atoms with Gasteiger partial charge in [-0.15, -0.1) is 0 Å². The summed E-state index contributed by atoms with van der Waals surface area (Å²) in [5.74, 6) is -0.898. The Labute approximate surface area is 157 Å². The molecule has 0 unspecified atom stereocenters. The van der Waals surface area contributed by atoms with Crippen LogP contribution >= 0.6 is 11.6 Å². The Morgan fingerprint density at radius 2 is 2.04 bits per heavy atom. The van der Waals surface area contributed by atoms with E-state index in [2.05, 4.69) is 15.6 Å². The normalized spacial score (nSPS) is 12.1. The highest BCUT2D eigenvalue weighted by Crippen LogP contribution is 2.35. The largest absolute Gasteiger partial charge is 0.436 e. The molecule has 0 radical (unpaired) electrons. The van der Waals surface area contributed by atoms with Crippen LogP contribution in [-0.2, 0) is 0 Å². The van der Waals surface area contributed by atoms with Gasteiger partial charge < -0.3 is 15.4 Å². The van der Waals surface area contributed by atoms with Gasteiger partial charge in [0.25, 0.3) is 11.8 Å². The Balaban J connectivity index is 1.61. The Morgan fingerprint density at radius 1 is 1.19 bits per heavy atom. The molecule has 134 valence electrons. The van der Waals surface area contributed by atoms with Gasteiger partial charge in [0.1, 0.15) is 17.3 Å². The molecule has 0 atom stereocenters. The molecule has 0 fully saturated rings. The number of benzene rings is 2. The first kappa shape index (κ1) is 17.0. The van der Waals surface area contributed by atoms with Crippen molar-refractivity contribution in [2.24, 2.45) is 0 Å². The first-order chi connectivity index (χ1) is 13.0. The van der Waals surface area contributed by atoms with Crippen LogP contribution in [0.25, 0.3) is 0 Å². The summed E-state index contributed by atoms with van der Waals surface area (Å²) in [6, 6.07) is 11.6. The van der Waals surface area contributed by atoms with E-state index in [-0.39, 0.29) is 22.0 Å². The van der Waals surface area contributed by atoms with Gasteiger partial charge >= 0.3 is 0 Å². The number of pyridine rings is 1. The van der Waals surface area contributed by atoms with Gasteiger partial charge in [0.05, 0.1) is 10.6 Å². The van der Waals surface area contributed by atoms with Crippen molar-refractivity contribution in [1.82, 2.24) is 4.98 Å². The summed E-state index contributed by atoms with van der Waals surface area (Å²) < 4.78 is 18.9. The summed E-state index contributed by atoms with van der Waals surface area (Å²) in [6.07, 6.45) is 1.55. The van der Waals surface area contributed by atoms with Gasteiger partial charge in [-0.1, -0.05) is 11.6 Å². The maximum atomic E-state index is 13.2. The number of hydrogen-bond acceptors (Lipinski definition) is 4. The second-order valence-corrected chi connectivity index (χ2v) is 6.11. The topological polar surface area (TPSA) is 80.3 Å². The third-order valence-corrected chi connectivity index (χ3v) is 4.18. The van der Waals surface area contributed by atoms with E-state index in [9.17, 15) is 14.0 Å². The number of halogens is 2. The molecular formula is C19H11ClFN3O3. The van der Waals surface area contributed by atoms with Crippen LogP contribution in [0, 0.1) is 5.82 Å². The highest BCUT2D eigenvalue weighted by atomic mass is 35.5. The Hall–Kier alpha value is -3.45. The molecule has 8 heteroatoms. The van der Waals surface area contributed by atoms with Crippen LogP contribution in [0.5, 0.6) is 11.6 Å². The molecule has 0 saturated carbocycles. The van der Waals surface area contributed by atoms with Gasteiger partial charge in [0.2, 0.25) is 5.88 Å². The summed E-state index contributed by atoms with van der Waals surface area (Å²) in [6.45, 7) is 0. The van der Waals surface area contributed by atoms with Gasteiger partial charge in [-0.05, 0) is 48.5 Å². The fraction of sp³-hybridized carbons (Fsp3) is 0. The number of ether oxygens (including phenoxy) is 1. The molecular weight excluding hydrogens is 373 g/mol. The van der Waals surface area contributed by atoms with E-state index in [0.29, 0.717) is 17.1 Å². The first-order valence-electron chi connectivity index (χ1n) is 7.86. The predicted molar refractivity (Wildman–Crippen MR) is 98.1 cm³/mol. The minimum atomic E-state index is -0.611. The molecule has 2 heterocycles. The zero-order valence-electron chi connectivity index (χ0n) is 13.6. The monoisotopic (exact) mass is 383 g/mol. The average molecular weight is 384 g/mol. The molecule has 6 nitrogen and oxygen atoms in total. The third kappa shape index (κ3) is 3.32. The van der Waals surface area contributed by atoms with Crippen molar-refractivity contribution in [3.8, 4) is 11.6 Å². The molecule has 0 spiro atoms. The SMILES string of the molecule is O=C(Nc1ccc2c(c1)C(=O)Nc1cccnc1O2)c1ccc(F)c(Cl)c1. The molecule has 2 aromatic carbocycles. The summed E-state index contributed by atoms with van der Waals surface area (Å²) >= 11 is 5.71. The predicted octanol–water partition coefficient (Wildman–Crippen LogP) is 4.48. The van der Waals surface area contributed by atoms with E-state index in [0.717, 1.165) is 6.07 Å². The molecule has 4 rings (SSSR count). The second-order valence-electron chi connectivity index (χ2n) is 5.71. The molecule has 1 aliphatic heterocycles. The zero-order valence-corrected chi connectivity index (χ0v) is 14.4. The maximum absolute atomic E-state index is 13.2. The fourth-order valence-electron chi connectivity index (χ4n) is 2.58. The Kier molecular flexibility index (Phi) is 4.21. The van der Waals surface area contributed by atoms with Gasteiger partial charge in [-0.2, -0.15) is 0 Å². The van der Waals surface area contributed by atoms with Crippen LogP contribution in [0.1, 0.15) is 20.7 Å². The number of anilines is 2. The van der Waals surface area contributed by atoms with Crippen LogP contribution in [-0.4, -0.2) is 16.8 Å². The Bertz CT molecular complexity index is 1090. The van der Waals surface area contributed by atoms with Crippen LogP contribution in [0.15, 0.2) is 54.7 Å². The fourth-order valence-corrected chi connectivity index (χ4v) is 2.76. The number of amides is 2. The quantitative estimate of drug-likeness (QED) is 0.683. The number of carbonyl (C=O) groups is 2. The summed E-state index contributed by atoms with van der Waals surface area (Å²) in [4.78, 5) is 28.9.